The van der Waals surface area contributed by atoms with E-state index in [0.717, 1.165) is 29.5 Å². The maximum atomic E-state index is 12.6. The Morgan fingerprint density at radius 2 is 1.89 bits per heavy atom. The lowest BCUT2D eigenvalue weighted by molar-refractivity contribution is -0.139. The molecule has 0 spiro atoms. The maximum absolute atomic E-state index is 12.6. The lowest BCUT2D eigenvalue weighted by atomic mass is 10.2. The van der Waals surface area contributed by atoms with Crippen molar-refractivity contribution in [2.24, 2.45) is 0 Å². The van der Waals surface area contributed by atoms with Gasteiger partial charge in [0.25, 0.3) is 11.1 Å². The van der Waals surface area contributed by atoms with Crippen LogP contribution in [0.15, 0.2) is 29.2 Å². The Labute approximate surface area is 159 Å². The largest absolute Gasteiger partial charge is 0.481 e. The smallest absolute Gasteiger partial charge is 0.341 e. The Hall–Kier alpha value is -2.81. The number of amides is 3. The Morgan fingerprint density at radius 3 is 2.59 bits per heavy atom. The van der Waals surface area contributed by atoms with Gasteiger partial charge in [-0.1, -0.05) is 18.2 Å². The molecule has 0 saturated carbocycles. The zero-order valence-electron chi connectivity index (χ0n) is 14.4. The Morgan fingerprint density at radius 1 is 1.19 bits per heavy atom. The van der Waals surface area contributed by atoms with E-state index < -0.39 is 23.7 Å². The minimum absolute atomic E-state index is 0.167. The first-order valence-electron chi connectivity index (χ1n) is 8.42. The molecular weight excluding hydrogens is 372 g/mol. The van der Waals surface area contributed by atoms with E-state index in [-0.39, 0.29) is 17.4 Å². The summed E-state index contributed by atoms with van der Waals surface area (Å²) in [6.45, 7) is 0.522. The summed E-state index contributed by atoms with van der Waals surface area (Å²) in [5.41, 5.74) is 0.482. The number of imide groups is 1. The predicted octanol–water partition coefficient (Wildman–Crippen LogP) is 1.81. The van der Waals surface area contributed by atoms with Gasteiger partial charge in [0.2, 0.25) is 5.91 Å². The van der Waals surface area contributed by atoms with Crippen LogP contribution in [0.25, 0.3) is 6.08 Å². The Bertz CT molecular complexity index is 816. The number of likely N-dealkylation sites (tertiary alicyclic amines) is 1. The van der Waals surface area contributed by atoms with E-state index in [0.29, 0.717) is 24.4 Å². The number of carboxylic acids is 1. The minimum Gasteiger partial charge on any atom is -0.481 e. The van der Waals surface area contributed by atoms with Crippen molar-refractivity contribution in [1.82, 2.24) is 9.80 Å². The molecule has 3 rings (SSSR count). The van der Waals surface area contributed by atoms with Crippen molar-refractivity contribution in [3.63, 3.8) is 0 Å². The molecule has 2 aliphatic rings. The molecule has 2 heterocycles. The van der Waals surface area contributed by atoms with Gasteiger partial charge in [-0.2, -0.15) is 0 Å². The fraction of sp³-hybridized carbons (Fsp3) is 0.333. The number of carbonyl (C=O) groups excluding carboxylic acids is 3. The van der Waals surface area contributed by atoms with E-state index in [9.17, 15) is 19.2 Å². The molecule has 3 amide bonds. The van der Waals surface area contributed by atoms with Gasteiger partial charge in [0, 0.05) is 18.7 Å². The van der Waals surface area contributed by atoms with E-state index in [1.165, 1.54) is 6.08 Å². The lowest BCUT2D eigenvalue weighted by Gasteiger charge is -2.18. The number of carboxylic acid groups (broad SMARTS) is 1. The molecular formula is C18H18N2O6S. The number of thioether (sulfide) groups is 1. The van der Waals surface area contributed by atoms with Gasteiger partial charge in [-0.05, 0) is 36.7 Å². The number of carbonyl (C=O) groups is 4. The Balaban J connectivity index is 1.74. The third kappa shape index (κ3) is 4.48. The number of hydrogen-bond acceptors (Lipinski definition) is 6. The summed E-state index contributed by atoms with van der Waals surface area (Å²) in [6.07, 6.45) is 3.34. The maximum Gasteiger partial charge on any atom is 0.341 e. The van der Waals surface area contributed by atoms with E-state index in [1.807, 2.05) is 0 Å². The standard InChI is InChI=1S/C18H18N2O6S/c21-15(19-7-3-4-8-19)10-20-17(24)14(27-18(20)25)9-12-5-1-2-6-13(12)26-11-16(22)23/h1-2,5-6,9H,3-4,7-8,10-11H2,(H,22,23)/b14-9-. The van der Waals surface area contributed by atoms with Gasteiger partial charge in [0.05, 0.1) is 4.91 Å². The van der Waals surface area contributed by atoms with Gasteiger partial charge in [0.15, 0.2) is 6.61 Å². The number of hydrogen-bond donors (Lipinski definition) is 1. The van der Waals surface area contributed by atoms with Crippen molar-refractivity contribution in [3.8, 4) is 5.75 Å². The van der Waals surface area contributed by atoms with E-state index in [4.69, 9.17) is 9.84 Å². The van der Waals surface area contributed by atoms with Crippen LogP contribution >= 0.6 is 11.8 Å². The van der Waals surface area contributed by atoms with Crippen LogP contribution in [0.4, 0.5) is 4.79 Å². The highest BCUT2D eigenvalue weighted by Crippen LogP contribution is 2.34. The van der Waals surface area contributed by atoms with Gasteiger partial charge in [-0.25, -0.2) is 4.79 Å². The molecule has 0 atom stereocenters. The quantitative estimate of drug-likeness (QED) is 0.739. The molecule has 142 valence electrons. The topological polar surface area (TPSA) is 104 Å². The molecule has 27 heavy (non-hydrogen) atoms. The molecule has 1 N–H and O–H groups in total. The van der Waals surface area contributed by atoms with Crippen LogP contribution in [0.5, 0.6) is 5.75 Å². The predicted molar refractivity (Wildman–Crippen MR) is 98.1 cm³/mol. The number of ether oxygens (including phenoxy) is 1. The molecule has 1 aromatic rings. The summed E-state index contributed by atoms with van der Waals surface area (Å²) in [5.74, 6) is -1.60. The number of para-hydroxylation sites is 1. The van der Waals surface area contributed by atoms with Crippen molar-refractivity contribution in [2.75, 3.05) is 26.2 Å². The van der Waals surface area contributed by atoms with Gasteiger partial charge in [0.1, 0.15) is 12.3 Å². The van der Waals surface area contributed by atoms with Gasteiger partial charge < -0.3 is 14.7 Å². The lowest BCUT2D eigenvalue weighted by Crippen LogP contribution is -2.40. The average molecular weight is 390 g/mol. The molecule has 0 unspecified atom stereocenters. The van der Waals surface area contributed by atoms with Gasteiger partial charge >= 0.3 is 5.97 Å². The third-order valence-corrected chi connectivity index (χ3v) is 5.09. The summed E-state index contributed by atoms with van der Waals surface area (Å²) in [5, 5.41) is 8.25. The van der Waals surface area contributed by atoms with Crippen LogP contribution in [-0.2, 0) is 14.4 Å². The second-order valence-corrected chi connectivity index (χ2v) is 7.07. The van der Waals surface area contributed by atoms with Crippen LogP contribution in [-0.4, -0.2) is 64.2 Å². The van der Waals surface area contributed by atoms with Crippen molar-refractivity contribution in [2.45, 2.75) is 12.8 Å². The van der Waals surface area contributed by atoms with Crippen molar-refractivity contribution >= 4 is 40.9 Å². The van der Waals surface area contributed by atoms with Gasteiger partial charge in [-0.15, -0.1) is 0 Å². The third-order valence-electron chi connectivity index (χ3n) is 4.18. The highest BCUT2D eigenvalue weighted by molar-refractivity contribution is 8.18. The second-order valence-electron chi connectivity index (χ2n) is 6.08. The average Bonchev–Trinajstić information content (AvgIpc) is 3.26. The zero-order chi connectivity index (χ0) is 19.4. The number of benzene rings is 1. The SMILES string of the molecule is O=C(O)COc1ccccc1/C=C1\SC(=O)N(CC(=O)N2CCCC2)C1=O. The summed E-state index contributed by atoms with van der Waals surface area (Å²) in [6, 6.07) is 6.62. The number of aliphatic carboxylic acids is 1. The molecule has 0 aliphatic carbocycles. The normalized spacial score (nSPS) is 18.4. The highest BCUT2D eigenvalue weighted by Gasteiger charge is 2.37. The summed E-state index contributed by atoms with van der Waals surface area (Å²) in [7, 11) is 0. The summed E-state index contributed by atoms with van der Waals surface area (Å²) in [4.78, 5) is 50.4. The minimum atomic E-state index is -1.12. The number of rotatable bonds is 6. The van der Waals surface area contributed by atoms with Crippen LogP contribution < -0.4 is 4.74 Å². The van der Waals surface area contributed by atoms with Crippen molar-refractivity contribution in [3.05, 3.63) is 34.7 Å². The van der Waals surface area contributed by atoms with Crippen molar-refractivity contribution in [1.29, 1.82) is 0 Å². The molecule has 0 radical (unpaired) electrons. The molecule has 8 nitrogen and oxygen atoms in total. The molecule has 0 bridgehead atoms. The van der Waals surface area contributed by atoms with Crippen LogP contribution in [0.2, 0.25) is 0 Å². The summed E-state index contributed by atoms with van der Waals surface area (Å²) < 4.78 is 5.21. The molecule has 2 aliphatic heterocycles. The fourth-order valence-electron chi connectivity index (χ4n) is 2.85. The molecule has 2 saturated heterocycles. The number of nitrogens with zero attached hydrogens (tertiary/aromatic N) is 2. The summed E-state index contributed by atoms with van der Waals surface area (Å²) >= 11 is 0.750. The van der Waals surface area contributed by atoms with Gasteiger partial charge in [-0.3, -0.25) is 19.3 Å². The van der Waals surface area contributed by atoms with Crippen molar-refractivity contribution < 1.29 is 29.0 Å². The van der Waals surface area contributed by atoms with E-state index in [1.54, 1.807) is 29.2 Å². The highest BCUT2D eigenvalue weighted by atomic mass is 32.2. The second kappa shape index (κ2) is 8.26. The van der Waals surface area contributed by atoms with Crippen LogP contribution in [0.1, 0.15) is 18.4 Å². The monoisotopic (exact) mass is 390 g/mol. The first-order valence-corrected chi connectivity index (χ1v) is 9.24. The zero-order valence-corrected chi connectivity index (χ0v) is 15.2. The Kier molecular flexibility index (Phi) is 5.80. The fourth-order valence-corrected chi connectivity index (χ4v) is 3.68. The molecule has 2 fully saturated rings. The van der Waals surface area contributed by atoms with E-state index in [2.05, 4.69) is 0 Å². The molecule has 1 aromatic carbocycles. The first-order chi connectivity index (χ1) is 13.0. The molecule has 9 heteroatoms. The van der Waals surface area contributed by atoms with E-state index >= 15 is 0 Å². The molecule has 0 aromatic heterocycles. The van der Waals surface area contributed by atoms with Crippen LogP contribution in [0, 0.1) is 0 Å². The van der Waals surface area contributed by atoms with Crippen LogP contribution in [0.3, 0.4) is 0 Å². The first kappa shape index (κ1) is 19.0.